The third-order valence-corrected chi connectivity index (χ3v) is 23.1. The van der Waals surface area contributed by atoms with Crippen molar-refractivity contribution in [3.05, 3.63) is 70.0 Å². The first-order chi connectivity index (χ1) is 29.8. The van der Waals surface area contributed by atoms with E-state index < -0.39 is 41.8 Å². The van der Waals surface area contributed by atoms with E-state index in [1.165, 1.54) is 18.2 Å². The van der Waals surface area contributed by atoms with E-state index >= 15 is 4.39 Å². The summed E-state index contributed by atoms with van der Waals surface area (Å²) in [6.45, 7) is 18.8. The molecule has 1 unspecified atom stereocenters. The van der Waals surface area contributed by atoms with Crippen LogP contribution in [0.1, 0.15) is 74.9 Å². The van der Waals surface area contributed by atoms with Gasteiger partial charge in [-0.25, -0.2) is 22.0 Å². The van der Waals surface area contributed by atoms with Crippen molar-refractivity contribution >= 4 is 41.5 Å². The minimum atomic E-state index is -3.63. The molecule has 12 nitrogen and oxygen atoms in total. The number of rotatable bonds is 14. The molecule has 6 atom stereocenters. The first-order valence-corrected chi connectivity index (χ1v) is 27.8. The van der Waals surface area contributed by atoms with Gasteiger partial charge < -0.3 is 28.6 Å². The maximum Gasteiger partial charge on any atom is 0.337 e. The molecule has 7 rings (SSSR count). The number of anilines is 1. The Morgan fingerprint density at radius 2 is 1.92 bits per heavy atom. The number of benzene rings is 2. The molecule has 0 bridgehead atoms. The van der Waals surface area contributed by atoms with E-state index in [1.54, 1.807) is 19.3 Å². The van der Waals surface area contributed by atoms with Gasteiger partial charge in [-0.15, -0.1) is 0 Å². The van der Waals surface area contributed by atoms with Crippen LogP contribution >= 0.6 is 11.6 Å². The molecule has 350 valence electrons. The summed E-state index contributed by atoms with van der Waals surface area (Å²) >= 11 is 6.53. The summed E-state index contributed by atoms with van der Waals surface area (Å²) in [5, 5.41) is 0.527. The summed E-state index contributed by atoms with van der Waals surface area (Å²) < 4.78 is 78.7. The number of nitrogens with zero attached hydrogens (tertiary/aromatic N) is 3. The Kier molecular flexibility index (Phi) is 14.8. The van der Waals surface area contributed by atoms with Gasteiger partial charge in [0.2, 0.25) is 10.0 Å². The minimum absolute atomic E-state index is 0.115. The predicted octanol–water partition coefficient (Wildman–Crippen LogP) is 7.21. The molecule has 0 saturated carbocycles. The highest BCUT2D eigenvalue weighted by molar-refractivity contribution is 7.90. The molecule has 0 radical (unpaired) electrons. The molecule has 1 aliphatic carbocycles. The van der Waals surface area contributed by atoms with Crippen LogP contribution in [0.15, 0.2) is 48.3 Å². The number of carbonyl (C=O) groups is 1. The molecule has 1 spiro atoms. The quantitative estimate of drug-likeness (QED) is 0.153. The van der Waals surface area contributed by atoms with Crippen LogP contribution < -0.4 is 14.0 Å². The largest absolute Gasteiger partial charge is 0.490 e. The molecule has 4 aliphatic heterocycles. The van der Waals surface area contributed by atoms with Crippen molar-refractivity contribution in [2.75, 3.05) is 97.1 Å². The van der Waals surface area contributed by atoms with Gasteiger partial charge in [0.15, 0.2) is 5.60 Å². The lowest BCUT2D eigenvalue weighted by molar-refractivity contribution is -0.132. The maximum absolute atomic E-state index is 17.7. The Morgan fingerprint density at radius 1 is 1.13 bits per heavy atom. The highest BCUT2D eigenvalue weighted by atomic mass is 35.5. The third-order valence-electron chi connectivity index (χ3n) is 14.8. The fourth-order valence-electron chi connectivity index (χ4n) is 10.3. The van der Waals surface area contributed by atoms with Crippen molar-refractivity contribution in [1.82, 2.24) is 14.2 Å². The minimum Gasteiger partial charge on any atom is -0.490 e. The molecule has 16 heteroatoms. The van der Waals surface area contributed by atoms with E-state index in [2.05, 4.69) is 52.0 Å². The summed E-state index contributed by atoms with van der Waals surface area (Å²) in [6, 6.07) is 11.8. The van der Waals surface area contributed by atoms with Crippen molar-refractivity contribution < 1.29 is 41.3 Å². The van der Waals surface area contributed by atoms with Gasteiger partial charge in [0, 0.05) is 81.9 Å². The smallest absolute Gasteiger partial charge is 0.337 e. The van der Waals surface area contributed by atoms with Crippen molar-refractivity contribution in [3.8, 4) is 5.75 Å². The monoisotopic (exact) mass is 932 g/mol. The Hall–Kier alpha value is -2.60. The molecule has 4 heterocycles. The lowest BCUT2D eigenvalue weighted by Crippen LogP contribution is -2.63. The number of nitrogens with one attached hydrogen (secondary N) is 1. The van der Waals surface area contributed by atoms with Gasteiger partial charge >= 0.3 is 5.97 Å². The van der Waals surface area contributed by atoms with Crippen LogP contribution in [0.3, 0.4) is 0 Å². The molecule has 3 fully saturated rings. The van der Waals surface area contributed by atoms with Crippen LogP contribution in [0.5, 0.6) is 5.75 Å². The average molecular weight is 934 g/mol. The molecule has 1 N–H and O–H groups in total. The molecule has 2 aromatic carbocycles. The molecule has 0 aromatic heterocycles. The van der Waals surface area contributed by atoms with Crippen LogP contribution in [0.25, 0.3) is 0 Å². The molecule has 63 heavy (non-hydrogen) atoms. The average Bonchev–Trinajstić information content (AvgIpc) is 3.64. The van der Waals surface area contributed by atoms with Gasteiger partial charge in [0.1, 0.15) is 19.8 Å². The fraction of sp³-hybridized carbons (Fsp3) is 0.681. The molecule has 3 saturated heterocycles. The predicted molar refractivity (Wildman–Crippen MR) is 249 cm³/mol. The van der Waals surface area contributed by atoms with Gasteiger partial charge in [-0.3, -0.25) is 9.80 Å². The molecular weight excluding hydrogens is 863 g/mol. The number of morpholine rings is 1. The van der Waals surface area contributed by atoms with E-state index in [-0.39, 0.29) is 47.0 Å². The van der Waals surface area contributed by atoms with Crippen molar-refractivity contribution in [2.45, 2.75) is 101 Å². The van der Waals surface area contributed by atoms with Crippen LogP contribution in [0.4, 0.5) is 10.1 Å². The van der Waals surface area contributed by atoms with Crippen LogP contribution in [-0.4, -0.2) is 142 Å². The summed E-state index contributed by atoms with van der Waals surface area (Å²) in [7, 11) is -3.04. The van der Waals surface area contributed by atoms with Gasteiger partial charge in [0.25, 0.3) is 0 Å². The van der Waals surface area contributed by atoms with Crippen LogP contribution in [0.2, 0.25) is 23.2 Å². The number of carbonyl (C=O) groups excluding carboxylic acids is 1. The lowest BCUT2D eigenvalue weighted by atomic mass is 9.70. The number of sulfonamides is 1. The van der Waals surface area contributed by atoms with Crippen molar-refractivity contribution in [1.29, 1.82) is 0 Å². The summed E-state index contributed by atoms with van der Waals surface area (Å²) in [6.07, 6.45) is 4.51. The SMILES string of the molecule is COC(=O)c1ccc2c(c1)N(C[C@@H]1CCO[C@H]1C(CN1CCN3CCOC[C@@H]3C1)(OC)/C(F)=C/C[C@H](C)CS(=O)(=O)N[Si](C)(C)C(C)(C)C)C[C@@]1(CCCc3cc(Cl)ccc31)CO2. The third kappa shape index (κ3) is 10.5. The van der Waals surface area contributed by atoms with E-state index in [9.17, 15) is 13.2 Å². The molecular formula is C47H70ClFN4O8SSi. The summed E-state index contributed by atoms with van der Waals surface area (Å²) in [5.74, 6) is -0.904. The Bertz CT molecular complexity index is 2110. The fourth-order valence-corrected chi connectivity index (χ4v) is 16.1. The number of halogens is 2. The van der Waals surface area contributed by atoms with Gasteiger partial charge in [-0.2, -0.15) is 0 Å². The standard InChI is InChI=1S/C47H70ClFN4O8SSi/c1-33(29-62(55,56)50-63(7,8)45(2,3)4)11-16-42(49)47(58-6,31-51-19-20-52-21-23-59-28-38(52)27-51)43-36(17-22-60-43)26-53-30-46(18-9-10-34-24-37(48)13-14-39(34)46)32-61-41-15-12-35(25-40(41)53)44(54)57-5/h12-16,24-25,33,36,38,43,50H,9-11,17-23,26-32H2,1-8H3/b42-16-/t33-,36-,38-,43+,46-,47?/m0/s1. The van der Waals surface area contributed by atoms with Gasteiger partial charge in [-0.05, 0) is 90.6 Å². The highest BCUT2D eigenvalue weighted by Crippen LogP contribution is 2.47. The van der Waals surface area contributed by atoms with E-state index in [0.29, 0.717) is 68.8 Å². The lowest BCUT2D eigenvalue weighted by Gasteiger charge is -2.48. The summed E-state index contributed by atoms with van der Waals surface area (Å²) in [4.78, 5) is 20.0. The van der Waals surface area contributed by atoms with Gasteiger partial charge in [0.05, 0.1) is 50.0 Å². The van der Waals surface area contributed by atoms with Crippen LogP contribution in [-0.2, 0) is 40.8 Å². The Morgan fingerprint density at radius 3 is 2.67 bits per heavy atom. The zero-order chi connectivity index (χ0) is 45.4. The Balaban J connectivity index is 1.22. The Labute approximate surface area is 381 Å². The number of methoxy groups -OCH3 is 2. The molecule has 2 aromatic rings. The normalized spacial score (nSPS) is 26.5. The number of piperazine rings is 1. The summed E-state index contributed by atoms with van der Waals surface area (Å²) in [5.41, 5.74) is 1.74. The second-order valence-corrected chi connectivity index (χ2v) is 27.9. The maximum atomic E-state index is 17.7. The molecule has 0 amide bonds. The number of ether oxygens (including phenoxy) is 5. The number of hydrogen-bond acceptors (Lipinski definition) is 11. The zero-order valence-electron chi connectivity index (χ0n) is 38.6. The van der Waals surface area contributed by atoms with Crippen LogP contribution in [0, 0.1) is 11.8 Å². The first-order valence-electron chi connectivity index (χ1n) is 22.8. The van der Waals surface area contributed by atoms with Crippen molar-refractivity contribution in [2.24, 2.45) is 11.8 Å². The zero-order valence-corrected chi connectivity index (χ0v) is 41.2. The van der Waals surface area contributed by atoms with Gasteiger partial charge in [-0.1, -0.05) is 58.5 Å². The number of aryl methyl sites for hydroxylation is 1. The second kappa shape index (κ2) is 19.3. The molecule has 5 aliphatic rings. The first kappa shape index (κ1) is 48.3. The number of hydrogen-bond donors (Lipinski definition) is 1. The van der Waals surface area contributed by atoms with Crippen molar-refractivity contribution in [3.63, 3.8) is 0 Å². The highest BCUT2D eigenvalue weighted by Gasteiger charge is 2.53. The van der Waals surface area contributed by atoms with E-state index in [4.69, 9.17) is 35.3 Å². The van der Waals surface area contributed by atoms with E-state index in [1.807, 2.05) is 38.2 Å². The number of esters is 1. The van der Waals surface area contributed by atoms with E-state index in [0.717, 1.165) is 44.6 Å². The number of fused-ring (bicyclic) bond motifs is 4. The topological polar surface area (TPSA) is 119 Å². The second-order valence-electron chi connectivity index (χ2n) is 20.4. The number of allylic oxidation sites excluding steroid dienone is 1.